The van der Waals surface area contributed by atoms with Gasteiger partial charge >= 0.3 is 0 Å². The summed E-state index contributed by atoms with van der Waals surface area (Å²) in [4.78, 5) is 11.7. The summed E-state index contributed by atoms with van der Waals surface area (Å²) in [6.07, 6.45) is 13.2. The van der Waals surface area contributed by atoms with E-state index in [-0.39, 0.29) is 5.41 Å². The molecule has 3 heteroatoms. The van der Waals surface area contributed by atoms with Crippen LogP contribution in [0.15, 0.2) is 188 Å². The van der Waals surface area contributed by atoms with Crippen molar-refractivity contribution >= 4 is 29.5 Å². The Morgan fingerprint density at radius 1 is 0.456 bits per heavy atom. The van der Waals surface area contributed by atoms with Crippen molar-refractivity contribution in [3.63, 3.8) is 0 Å². The Morgan fingerprint density at radius 3 is 1.72 bits per heavy atom. The van der Waals surface area contributed by atoms with Crippen molar-refractivity contribution in [1.29, 1.82) is 0 Å². The number of nitrogens with zero attached hydrogens (tertiary/aromatic N) is 3. The van der Waals surface area contributed by atoms with Crippen molar-refractivity contribution < 1.29 is 0 Å². The lowest BCUT2D eigenvalue weighted by atomic mass is 9.67. The van der Waals surface area contributed by atoms with E-state index in [1.165, 1.54) is 79.6 Å². The molecule has 0 atom stereocenters. The Labute approximate surface area is 334 Å². The van der Waals surface area contributed by atoms with E-state index in [9.17, 15) is 0 Å². The summed E-state index contributed by atoms with van der Waals surface area (Å²) in [5.41, 5.74) is 16.6. The van der Waals surface area contributed by atoms with E-state index < -0.39 is 5.41 Å². The van der Waals surface area contributed by atoms with Crippen LogP contribution in [0.5, 0.6) is 0 Å². The highest BCUT2D eigenvalue weighted by Gasteiger charge is 2.47. The van der Waals surface area contributed by atoms with Crippen LogP contribution in [0.4, 0.5) is 17.3 Å². The Hall–Kier alpha value is -6.84. The summed E-state index contributed by atoms with van der Waals surface area (Å²) >= 11 is 0. The van der Waals surface area contributed by atoms with Gasteiger partial charge in [-0.1, -0.05) is 165 Å². The topological polar surface area (TPSA) is 29.0 Å². The molecule has 0 bridgehead atoms. The first-order valence-corrected chi connectivity index (χ1v) is 20.2. The molecule has 0 amide bonds. The van der Waals surface area contributed by atoms with Crippen LogP contribution in [0, 0.1) is 0 Å². The highest BCUT2D eigenvalue weighted by Crippen LogP contribution is 2.59. The largest absolute Gasteiger partial charge is 0.279 e. The van der Waals surface area contributed by atoms with E-state index in [0.29, 0.717) is 0 Å². The Kier molecular flexibility index (Phi) is 7.89. The number of hydrogen-bond acceptors (Lipinski definition) is 3. The predicted octanol–water partition coefficient (Wildman–Crippen LogP) is 13.3. The minimum absolute atomic E-state index is 0.0116. The van der Waals surface area contributed by atoms with Gasteiger partial charge in [-0.3, -0.25) is 4.90 Å². The summed E-state index contributed by atoms with van der Waals surface area (Å²) in [5.74, 6) is 1.72. The average molecular weight is 732 g/mol. The maximum atomic E-state index is 4.76. The standard InChI is InChI=1S/C54H41N3/c1-3-17-40(18-4-1)54(41-19-5-2-6-20-41)46-22-8-7-21-45(46)52-39(16-15-23-47(52)54)28-26-38-27-30-43-44-31-29-42(37-49(44)53(48(43)36-38)32-11-12-33-53)57(50-24-9-13-34-55-50)51-25-10-14-35-56-51/h1-10,13-31,34-37H,11-12,32-33H2/b28-26+. The van der Waals surface area contributed by atoms with Crippen LogP contribution in [0.1, 0.15) is 70.2 Å². The van der Waals surface area contributed by atoms with Crippen LogP contribution in [0.3, 0.4) is 0 Å². The van der Waals surface area contributed by atoms with Gasteiger partial charge in [0.2, 0.25) is 0 Å². The molecule has 0 aliphatic heterocycles. The smallest absolute Gasteiger partial charge is 0.138 e. The van der Waals surface area contributed by atoms with Crippen molar-refractivity contribution in [1.82, 2.24) is 9.97 Å². The molecule has 3 nitrogen and oxygen atoms in total. The molecule has 272 valence electrons. The minimum Gasteiger partial charge on any atom is -0.279 e. The monoisotopic (exact) mass is 731 g/mol. The van der Waals surface area contributed by atoms with Crippen LogP contribution in [0.25, 0.3) is 34.4 Å². The van der Waals surface area contributed by atoms with Gasteiger partial charge in [-0.15, -0.1) is 0 Å². The molecule has 2 heterocycles. The van der Waals surface area contributed by atoms with E-state index in [2.05, 4.69) is 169 Å². The third-order valence-corrected chi connectivity index (χ3v) is 12.8. The molecule has 1 fully saturated rings. The third kappa shape index (κ3) is 5.12. The molecule has 0 unspecified atom stereocenters. The second-order valence-corrected chi connectivity index (χ2v) is 15.7. The van der Waals surface area contributed by atoms with Gasteiger partial charge in [-0.2, -0.15) is 0 Å². The average Bonchev–Trinajstić information content (AvgIpc) is 3.97. The van der Waals surface area contributed by atoms with Gasteiger partial charge in [0, 0.05) is 23.5 Å². The molecular weight excluding hydrogens is 691 g/mol. The number of anilines is 3. The normalized spacial score (nSPS) is 15.3. The van der Waals surface area contributed by atoms with E-state index in [0.717, 1.165) is 30.2 Å². The maximum absolute atomic E-state index is 4.76. The van der Waals surface area contributed by atoms with Gasteiger partial charge in [-0.05, 0) is 116 Å². The predicted molar refractivity (Wildman–Crippen MR) is 234 cm³/mol. The van der Waals surface area contributed by atoms with E-state index in [1.807, 2.05) is 36.7 Å². The van der Waals surface area contributed by atoms with E-state index in [1.54, 1.807) is 0 Å². The molecular formula is C54H41N3. The number of rotatable bonds is 7. The van der Waals surface area contributed by atoms with Crippen LogP contribution in [-0.2, 0) is 10.8 Å². The minimum atomic E-state index is -0.409. The first-order valence-electron chi connectivity index (χ1n) is 20.2. The van der Waals surface area contributed by atoms with Crippen molar-refractivity contribution in [3.05, 3.63) is 233 Å². The number of pyridine rings is 2. The lowest BCUT2D eigenvalue weighted by molar-refractivity contribution is 0.550. The number of fused-ring (bicyclic) bond motifs is 8. The molecule has 57 heavy (non-hydrogen) atoms. The van der Waals surface area contributed by atoms with Gasteiger partial charge in [0.05, 0.1) is 5.41 Å². The van der Waals surface area contributed by atoms with Crippen molar-refractivity contribution in [2.45, 2.75) is 36.5 Å². The zero-order valence-electron chi connectivity index (χ0n) is 31.7. The molecule has 11 rings (SSSR count). The molecule has 0 N–H and O–H groups in total. The quantitative estimate of drug-likeness (QED) is 0.153. The van der Waals surface area contributed by atoms with Crippen molar-refractivity contribution in [3.8, 4) is 22.3 Å². The highest BCUT2D eigenvalue weighted by molar-refractivity contribution is 5.93. The fourth-order valence-electron chi connectivity index (χ4n) is 10.5. The van der Waals surface area contributed by atoms with Gasteiger partial charge < -0.3 is 0 Å². The molecule has 0 saturated heterocycles. The second-order valence-electron chi connectivity index (χ2n) is 15.7. The maximum Gasteiger partial charge on any atom is 0.138 e. The van der Waals surface area contributed by atoms with Gasteiger partial charge in [0.15, 0.2) is 0 Å². The molecule has 3 aliphatic carbocycles. The highest BCUT2D eigenvalue weighted by atomic mass is 15.2. The van der Waals surface area contributed by atoms with Crippen molar-refractivity contribution in [2.24, 2.45) is 0 Å². The lowest BCUT2D eigenvalue weighted by Gasteiger charge is -2.33. The zero-order chi connectivity index (χ0) is 37.8. The molecule has 6 aromatic carbocycles. The molecule has 0 radical (unpaired) electrons. The number of hydrogen-bond donors (Lipinski definition) is 0. The number of benzene rings is 6. The van der Waals surface area contributed by atoms with Crippen LogP contribution in [0.2, 0.25) is 0 Å². The lowest BCUT2D eigenvalue weighted by Crippen LogP contribution is -2.28. The molecule has 1 saturated carbocycles. The fraction of sp³-hybridized carbons (Fsp3) is 0.111. The number of aromatic nitrogens is 2. The summed E-state index contributed by atoms with van der Waals surface area (Å²) in [7, 11) is 0. The molecule has 3 aliphatic rings. The van der Waals surface area contributed by atoms with E-state index in [4.69, 9.17) is 9.97 Å². The first kappa shape index (κ1) is 33.5. The first-order chi connectivity index (χ1) is 28.3. The van der Waals surface area contributed by atoms with Crippen molar-refractivity contribution in [2.75, 3.05) is 4.90 Å². The Morgan fingerprint density at radius 2 is 1.05 bits per heavy atom. The Balaban J connectivity index is 1.01. The molecule has 1 spiro atoms. The third-order valence-electron chi connectivity index (χ3n) is 12.8. The summed E-state index contributed by atoms with van der Waals surface area (Å²) in [6.45, 7) is 0. The van der Waals surface area contributed by atoms with Gasteiger partial charge in [0.1, 0.15) is 11.6 Å². The van der Waals surface area contributed by atoms with Crippen LogP contribution in [-0.4, -0.2) is 9.97 Å². The van der Waals surface area contributed by atoms with Crippen LogP contribution >= 0.6 is 0 Å². The summed E-state index contributed by atoms with van der Waals surface area (Å²) < 4.78 is 0. The second kappa shape index (κ2) is 13.4. The SMILES string of the molecule is C(=C\c1cccc2c1-c1ccccc1C2(c1ccccc1)c1ccccc1)/c1ccc2c(c1)C1(CCCC1)c1cc(N(c3ccccn3)c3ccccn3)ccc1-2. The van der Waals surface area contributed by atoms with Gasteiger partial charge in [0.25, 0.3) is 0 Å². The summed E-state index contributed by atoms with van der Waals surface area (Å²) in [6, 6.07) is 64.3. The fourth-order valence-corrected chi connectivity index (χ4v) is 10.5. The zero-order valence-corrected chi connectivity index (χ0v) is 31.7. The molecule has 2 aromatic heterocycles. The van der Waals surface area contributed by atoms with E-state index >= 15 is 0 Å². The molecule has 8 aromatic rings. The van der Waals surface area contributed by atoms with Gasteiger partial charge in [-0.25, -0.2) is 9.97 Å². The Bertz CT molecular complexity index is 2710. The van der Waals surface area contributed by atoms with Crippen LogP contribution < -0.4 is 4.90 Å². The summed E-state index contributed by atoms with van der Waals surface area (Å²) in [5, 5.41) is 0.